The molecule has 0 bridgehead atoms. The van der Waals surface area contributed by atoms with E-state index < -0.39 is 0 Å². The summed E-state index contributed by atoms with van der Waals surface area (Å²) in [5.41, 5.74) is 5.89. The molecule has 1 aliphatic rings. The van der Waals surface area contributed by atoms with E-state index in [0.29, 0.717) is 6.04 Å². The lowest BCUT2D eigenvalue weighted by molar-refractivity contribution is 0.251. The Morgan fingerprint density at radius 2 is 2.43 bits per heavy atom. The average Bonchev–Trinajstić information content (AvgIpc) is 2.41. The molecule has 0 aliphatic heterocycles. The van der Waals surface area contributed by atoms with Crippen LogP contribution in [0.3, 0.4) is 0 Å². The lowest BCUT2D eigenvalue weighted by atomic mass is 9.81. The monoisotopic (exact) mass is 257 g/mol. The van der Waals surface area contributed by atoms with Gasteiger partial charge in [-0.1, -0.05) is 19.3 Å². The van der Waals surface area contributed by atoms with Gasteiger partial charge in [-0.15, -0.1) is 0 Å². The molecule has 1 atom stereocenters. The van der Waals surface area contributed by atoms with Crippen molar-refractivity contribution >= 4 is 21.7 Å². The van der Waals surface area contributed by atoms with Gasteiger partial charge in [0.2, 0.25) is 0 Å². The van der Waals surface area contributed by atoms with Crippen LogP contribution in [0, 0.1) is 5.92 Å². The second kappa shape index (κ2) is 3.93. The van der Waals surface area contributed by atoms with Gasteiger partial charge in [0.05, 0.1) is 16.7 Å². The minimum atomic E-state index is 0.423. The van der Waals surface area contributed by atoms with E-state index in [1.165, 1.54) is 25.7 Å². The third-order valence-corrected chi connectivity index (χ3v) is 3.71. The number of nitrogens with zero attached hydrogens (tertiary/aromatic N) is 2. The zero-order valence-corrected chi connectivity index (χ0v) is 10.00. The van der Waals surface area contributed by atoms with Crippen LogP contribution in [0.2, 0.25) is 0 Å². The van der Waals surface area contributed by atoms with Gasteiger partial charge in [-0.05, 0) is 35.2 Å². The molecule has 1 unspecified atom stereocenters. The fraction of sp³-hybridized carbons (Fsp3) is 0.700. The molecule has 1 aromatic rings. The third kappa shape index (κ3) is 1.80. The zero-order chi connectivity index (χ0) is 10.1. The highest BCUT2D eigenvalue weighted by Crippen LogP contribution is 2.34. The van der Waals surface area contributed by atoms with Gasteiger partial charge < -0.3 is 5.73 Å². The second-order valence-corrected chi connectivity index (χ2v) is 5.06. The Morgan fingerprint density at radius 3 is 2.86 bits per heavy atom. The number of anilines is 1. The fourth-order valence-electron chi connectivity index (χ4n) is 2.01. The molecule has 2 rings (SSSR count). The number of hydrogen-bond donors (Lipinski definition) is 1. The maximum atomic E-state index is 5.89. The van der Waals surface area contributed by atoms with Crippen molar-refractivity contribution in [3.63, 3.8) is 0 Å². The van der Waals surface area contributed by atoms with Crippen LogP contribution in [0.1, 0.15) is 38.6 Å². The molecule has 14 heavy (non-hydrogen) atoms. The first-order valence-corrected chi connectivity index (χ1v) is 5.96. The molecule has 0 amide bonds. The van der Waals surface area contributed by atoms with E-state index >= 15 is 0 Å². The van der Waals surface area contributed by atoms with Crippen LogP contribution in [-0.2, 0) is 0 Å². The Bertz CT molecular complexity index is 317. The molecule has 0 radical (unpaired) electrons. The molecule has 0 saturated heterocycles. The summed E-state index contributed by atoms with van der Waals surface area (Å²) in [6.45, 7) is 2.19. The van der Waals surface area contributed by atoms with Gasteiger partial charge in [0.15, 0.2) is 0 Å². The van der Waals surface area contributed by atoms with E-state index in [-0.39, 0.29) is 0 Å². The normalized spacial score (nSPS) is 19.3. The van der Waals surface area contributed by atoms with Crippen LogP contribution in [0.25, 0.3) is 0 Å². The molecule has 1 aliphatic carbocycles. The van der Waals surface area contributed by atoms with Crippen LogP contribution in [0.4, 0.5) is 5.82 Å². The van der Waals surface area contributed by atoms with Gasteiger partial charge in [0.1, 0.15) is 5.82 Å². The molecule has 1 fully saturated rings. The first kappa shape index (κ1) is 10.0. The molecule has 78 valence electrons. The van der Waals surface area contributed by atoms with Crippen LogP contribution in [-0.4, -0.2) is 9.78 Å². The number of nitrogen functional groups attached to an aromatic ring is 1. The molecule has 4 heteroatoms. The number of halogens is 1. The van der Waals surface area contributed by atoms with Crippen LogP contribution >= 0.6 is 15.9 Å². The molecular formula is C10H16BrN3. The molecule has 1 heterocycles. The van der Waals surface area contributed by atoms with Crippen LogP contribution in [0.5, 0.6) is 0 Å². The van der Waals surface area contributed by atoms with Crippen molar-refractivity contribution in [2.24, 2.45) is 5.92 Å². The number of rotatable bonds is 3. The van der Waals surface area contributed by atoms with Gasteiger partial charge in [0, 0.05) is 0 Å². The molecule has 0 aromatic carbocycles. The molecule has 1 saturated carbocycles. The summed E-state index contributed by atoms with van der Waals surface area (Å²) in [7, 11) is 0. The average molecular weight is 258 g/mol. The maximum absolute atomic E-state index is 5.89. The minimum Gasteiger partial charge on any atom is -0.383 e. The molecule has 3 nitrogen and oxygen atoms in total. The standard InChI is InChI=1S/C10H16BrN3/c1-7(5-8-3-2-4-8)14-10(12)9(11)6-13-14/h6-8H,2-5,12H2,1H3. The van der Waals surface area contributed by atoms with E-state index in [9.17, 15) is 0 Å². The summed E-state index contributed by atoms with van der Waals surface area (Å²) in [5.74, 6) is 1.64. The first-order chi connectivity index (χ1) is 6.68. The van der Waals surface area contributed by atoms with Crippen molar-refractivity contribution < 1.29 is 0 Å². The van der Waals surface area contributed by atoms with Gasteiger partial charge >= 0.3 is 0 Å². The van der Waals surface area contributed by atoms with Crippen LogP contribution in [0.15, 0.2) is 10.7 Å². The summed E-state index contributed by atoms with van der Waals surface area (Å²) in [6, 6.07) is 0.423. The Labute approximate surface area is 92.8 Å². The fourth-order valence-corrected chi connectivity index (χ4v) is 2.29. The van der Waals surface area contributed by atoms with Crippen molar-refractivity contribution in [1.29, 1.82) is 0 Å². The second-order valence-electron chi connectivity index (χ2n) is 4.20. The minimum absolute atomic E-state index is 0.423. The first-order valence-electron chi connectivity index (χ1n) is 5.17. The SMILES string of the molecule is CC(CC1CCC1)n1ncc(Br)c1N. The van der Waals surface area contributed by atoms with E-state index in [1.54, 1.807) is 6.20 Å². The quantitative estimate of drug-likeness (QED) is 0.905. The van der Waals surface area contributed by atoms with Crippen LogP contribution < -0.4 is 5.73 Å². The number of nitrogens with two attached hydrogens (primary N) is 1. The van der Waals surface area contributed by atoms with E-state index in [2.05, 4.69) is 28.0 Å². The highest BCUT2D eigenvalue weighted by Gasteiger charge is 2.22. The summed E-state index contributed by atoms with van der Waals surface area (Å²) in [6.07, 6.45) is 7.14. The zero-order valence-electron chi connectivity index (χ0n) is 8.41. The predicted molar refractivity (Wildman–Crippen MR) is 61.0 cm³/mol. The van der Waals surface area contributed by atoms with E-state index in [4.69, 9.17) is 5.73 Å². The van der Waals surface area contributed by atoms with Crippen molar-refractivity contribution in [3.05, 3.63) is 10.7 Å². The van der Waals surface area contributed by atoms with Crippen molar-refractivity contribution in [2.45, 2.75) is 38.6 Å². The number of hydrogen-bond acceptors (Lipinski definition) is 2. The summed E-state index contributed by atoms with van der Waals surface area (Å²) < 4.78 is 2.82. The lowest BCUT2D eigenvalue weighted by Gasteiger charge is -2.28. The van der Waals surface area contributed by atoms with Gasteiger partial charge in [0.25, 0.3) is 0 Å². The molecular weight excluding hydrogens is 242 g/mol. The lowest BCUT2D eigenvalue weighted by Crippen LogP contribution is -2.18. The van der Waals surface area contributed by atoms with Crippen molar-refractivity contribution in [3.8, 4) is 0 Å². The Hall–Kier alpha value is -0.510. The Kier molecular flexibility index (Phi) is 2.81. The molecule has 1 aromatic heterocycles. The number of aromatic nitrogens is 2. The Balaban J connectivity index is 2.02. The molecule has 2 N–H and O–H groups in total. The topological polar surface area (TPSA) is 43.8 Å². The van der Waals surface area contributed by atoms with Crippen molar-refractivity contribution in [2.75, 3.05) is 5.73 Å². The highest BCUT2D eigenvalue weighted by molar-refractivity contribution is 9.10. The van der Waals surface area contributed by atoms with E-state index in [0.717, 1.165) is 16.2 Å². The third-order valence-electron chi connectivity index (χ3n) is 3.10. The van der Waals surface area contributed by atoms with Gasteiger partial charge in [-0.3, -0.25) is 0 Å². The van der Waals surface area contributed by atoms with E-state index in [1.807, 2.05) is 4.68 Å². The highest BCUT2D eigenvalue weighted by atomic mass is 79.9. The summed E-state index contributed by atoms with van der Waals surface area (Å²) in [5, 5.41) is 4.27. The smallest absolute Gasteiger partial charge is 0.136 e. The van der Waals surface area contributed by atoms with Crippen molar-refractivity contribution in [1.82, 2.24) is 9.78 Å². The molecule has 0 spiro atoms. The van der Waals surface area contributed by atoms with Gasteiger partial charge in [-0.2, -0.15) is 5.10 Å². The summed E-state index contributed by atoms with van der Waals surface area (Å²) in [4.78, 5) is 0. The largest absolute Gasteiger partial charge is 0.383 e. The predicted octanol–water partition coefficient (Wildman–Crippen LogP) is 2.98. The van der Waals surface area contributed by atoms with Gasteiger partial charge in [-0.25, -0.2) is 4.68 Å². The maximum Gasteiger partial charge on any atom is 0.136 e. The Morgan fingerprint density at radius 1 is 1.71 bits per heavy atom. The summed E-state index contributed by atoms with van der Waals surface area (Å²) >= 11 is 3.37.